The number of benzene rings is 1. The Morgan fingerprint density at radius 2 is 1.85 bits per heavy atom. The van der Waals surface area contributed by atoms with Crippen molar-refractivity contribution >= 4 is 34.8 Å². The van der Waals surface area contributed by atoms with Crippen LogP contribution in [0.25, 0.3) is 10.9 Å². The zero-order valence-corrected chi connectivity index (χ0v) is 22.1. The number of rotatable bonds is 10. The van der Waals surface area contributed by atoms with Crippen LogP contribution in [0.15, 0.2) is 30.3 Å². The van der Waals surface area contributed by atoms with Crippen LogP contribution < -0.4 is 10.1 Å². The molecule has 2 atom stereocenters. The quantitative estimate of drug-likeness (QED) is 0.325. The maximum atomic E-state index is 13.4. The number of hydrogen-bond donors (Lipinski definition) is 3. The van der Waals surface area contributed by atoms with Crippen molar-refractivity contribution in [3.63, 3.8) is 0 Å². The van der Waals surface area contributed by atoms with Crippen molar-refractivity contribution in [2.45, 2.75) is 38.8 Å². The number of H-pyrrole nitrogens is 1. The van der Waals surface area contributed by atoms with Gasteiger partial charge in [0.1, 0.15) is 17.5 Å². The molecule has 0 bridgehead atoms. The van der Waals surface area contributed by atoms with Gasteiger partial charge in [0.25, 0.3) is 5.91 Å². The normalized spacial score (nSPS) is 14.8. The van der Waals surface area contributed by atoms with Crippen molar-refractivity contribution in [1.29, 1.82) is 0 Å². The van der Waals surface area contributed by atoms with E-state index >= 15 is 0 Å². The number of aliphatic carboxylic acids is 1. The van der Waals surface area contributed by atoms with Gasteiger partial charge in [-0.25, -0.2) is 9.78 Å². The van der Waals surface area contributed by atoms with Gasteiger partial charge in [-0.1, -0.05) is 17.3 Å². The van der Waals surface area contributed by atoms with Crippen LogP contribution in [0.4, 0.5) is 4.79 Å². The molecule has 4 rings (SSSR count). The van der Waals surface area contributed by atoms with Gasteiger partial charge < -0.3 is 29.7 Å². The molecule has 0 saturated carbocycles. The van der Waals surface area contributed by atoms with Gasteiger partial charge in [-0.05, 0) is 32.4 Å². The van der Waals surface area contributed by atoms with E-state index in [9.17, 15) is 24.3 Å². The highest BCUT2D eigenvalue weighted by Gasteiger charge is 2.31. The molecule has 3 heterocycles. The standard InChI is InChI=1S/C25H30N8O7/c1-3-39-25(38)33-12-10-32(11-13-33)24(37)18(8-9-21(34)35)27-23(36)19-14-20(16-6-4-5-7-17(16)26-19)40-15(2)22-28-30-31-29-22/h4-7,14-15,18H,3,8-13H2,1-2H3,(H,27,36)(H,34,35)(H,28,29,30,31). The number of amides is 3. The van der Waals surface area contributed by atoms with Crippen molar-refractivity contribution in [3.05, 3.63) is 41.9 Å². The lowest BCUT2D eigenvalue weighted by molar-refractivity contribution is -0.138. The van der Waals surface area contributed by atoms with Gasteiger partial charge in [-0.2, -0.15) is 5.21 Å². The van der Waals surface area contributed by atoms with Crippen LogP contribution in [0.3, 0.4) is 0 Å². The summed E-state index contributed by atoms with van der Waals surface area (Å²) in [4.78, 5) is 57.4. The molecule has 0 aliphatic carbocycles. The predicted octanol–water partition coefficient (Wildman–Crippen LogP) is 1.15. The van der Waals surface area contributed by atoms with Crippen molar-refractivity contribution in [2.75, 3.05) is 32.8 Å². The highest BCUT2D eigenvalue weighted by molar-refractivity contribution is 5.99. The molecule has 212 valence electrons. The summed E-state index contributed by atoms with van der Waals surface area (Å²) in [6.07, 6.45) is -1.51. The molecule has 1 aliphatic rings. The average Bonchev–Trinajstić information content (AvgIpc) is 3.50. The highest BCUT2D eigenvalue weighted by atomic mass is 16.6. The average molecular weight is 555 g/mol. The Bertz CT molecular complexity index is 1360. The number of nitrogens with one attached hydrogen (secondary N) is 2. The first-order valence-corrected chi connectivity index (χ1v) is 12.8. The Morgan fingerprint density at radius 3 is 2.52 bits per heavy atom. The molecule has 3 N–H and O–H groups in total. The molecule has 0 spiro atoms. The Morgan fingerprint density at radius 1 is 1.12 bits per heavy atom. The fraction of sp³-hybridized carbons (Fsp3) is 0.440. The topological polar surface area (TPSA) is 193 Å². The summed E-state index contributed by atoms with van der Waals surface area (Å²) in [7, 11) is 0. The van der Waals surface area contributed by atoms with Crippen LogP contribution in [0.5, 0.6) is 5.75 Å². The number of carboxylic acids is 1. The second kappa shape index (κ2) is 12.8. The van der Waals surface area contributed by atoms with E-state index in [0.717, 1.165) is 0 Å². The molecular formula is C25H30N8O7. The number of carbonyl (C=O) groups excluding carboxylic acids is 3. The maximum absolute atomic E-state index is 13.4. The van der Waals surface area contributed by atoms with Gasteiger partial charge in [0.2, 0.25) is 11.7 Å². The van der Waals surface area contributed by atoms with Gasteiger partial charge in [0.05, 0.1) is 12.1 Å². The summed E-state index contributed by atoms with van der Waals surface area (Å²) >= 11 is 0. The van der Waals surface area contributed by atoms with E-state index in [1.807, 2.05) is 0 Å². The van der Waals surface area contributed by atoms with Crippen molar-refractivity contribution in [2.24, 2.45) is 0 Å². The number of ether oxygens (including phenoxy) is 2. The second-order valence-corrected chi connectivity index (χ2v) is 9.02. The summed E-state index contributed by atoms with van der Waals surface area (Å²) in [5.41, 5.74) is 0.461. The number of nitrogens with zero attached hydrogens (tertiary/aromatic N) is 6. The monoisotopic (exact) mass is 554 g/mol. The van der Waals surface area contributed by atoms with E-state index in [4.69, 9.17) is 9.47 Å². The van der Waals surface area contributed by atoms with E-state index in [1.54, 1.807) is 38.1 Å². The molecule has 3 amide bonds. The molecule has 40 heavy (non-hydrogen) atoms. The number of carbonyl (C=O) groups is 4. The number of aromatic nitrogens is 5. The van der Waals surface area contributed by atoms with Crippen LogP contribution in [-0.4, -0.2) is 103 Å². The van der Waals surface area contributed by atoms with E-state index in [0.29, 0.717) is 22.5 Å². The first-order valence-electron chi connectivity index (χ1n) is 12.8. The van der Waals surface area contributed by atoms with Crippen molar-refractivity contribution < 1.29 is 33.8 Å². The molecule has 0 radical (unpaired) electrons. The van der Waals surface area contributed by atoms with Crippen LogP contribution >= 0.6 is 0 Å². The number of carboxylic acid groups (broad SMARTS) is 1. The van der Waals surface area contributed by atoms with Crippen molar-refractivity contribution in [1.82, 2.24) is 40.7 Å². The Labute approximate surface area is 228 Å². The first-order chi connectivity index (χ1) is 19.3. The number of pyridine rings is 1. The van der Waals surface area contributed by atoms with E-state index in [2.05, 4.69) is 30.9 Å². The fourth-order valence-corrected chi connectivity index (χ4v) is 4.24. The molecule has 1 aromatic carbocycles. The lowest BCUT2D eigenvalue weighted by Crippen LogP contribution is -2.56. The van der Waals surface area contributed by atoms with Gasteiger partial charge in [-0.3, -0.25) is 14.4 Å². The lowest BCUT2D eigenvalue weighted by atomic mass is 10.1. The molecule has 1 saturated heterocycles. The zero-order chi connectivity index (χ0) is 28.6. The lowest BCUT2D eigenvalue weighted by Gasteiger charge is -2.35. The second-order valence-electron chi connectivity index (χ2n) is 9.02. The molecule has 1 aliphatic heterocycles. The fourth-order valence-electron chi connectivity index (χ4n) is 4.24. The van der Waals surface area contributed by atoms with E-state index in [1.165, 1.54) is 15.9 Å². The maximum Gasteiger partial charge on any atom is 0.409 e. The minimum absolute atomic E-state index is 0.0192. The number of hydrogen-bond acceptors (Lipinski definition) is 10. The minimum atomic E-state index is -1.12. The summed E-state index contributed by atoms with van der Waals surface area (Å²) in [5, 5.41) is 26.3. The number of tetrazole rings is 1. The Hall–Kier alpha value is -4.82. The molecule has 2 aromatic heterocycles. The third-order valence-electron chi connectivity index (χ3n) is 6.31. The highest BCUT2D eigenvalue weighted by Crippen LogP contribution is 2.29. The summed E-state index contributed by atoms with van der Waals surface area (Å²) in [5.74, 6) is -1.56. The first kappa shape index (κ1) is 28.2. The summed E-state index contributed by atoms with van der Waals surface area (Å²) in [6.45, 7) is 4.64. The van der Waals surface area contributed by atoms with Gasteiger partial charge in [0, 0.05) is 44.1 Å². The van der Waals surface area contributed by atoms with Gasteiger partial charge >= 0.3 is 12.1 Å². The largest absolute Gasteiger partial charge is 0.482 e. The van der Waals surface area contributed by atoms with Gasteiger partial charge in [-0.15, -0.1) is 10.2 Å². The number of fused-ring (bicyclic) bond motifs is 1. The molecular weight excluding hydrogens is 524 g/mol. The van der Waals surface area contributed by atoms with Crippen LogP contribution in [0, 0.1) is 0 Å². The smallest absolute Gasteiger partial charge is 0.409 e. The van der Waals surface area contributed by atoms with Crippen LogP contribution in [0.2, 0.25) is 0 Å². The molecule has 15 nitrogen and oxygen atoms in total. The molecule has 1 fully saturated rings. The third-order valence-corrected chi connectivity index (χ3v) is 6.31. The molecule has 2 unspecified atom stereocenters. The molecule has 3 aromatic rings. The Kier molecular flexibility index (Phi) is 9.04. The predicted molar refractivity (Wildman–Crippen MR) is 138 cm³/mol. The van der Waals surface area contributed by atoms with Crippen LogP contribution in [-0.2, 0) is 14.3 Å². The number of para-hydroxylation sites is 1. The summed E-state index contributed by atoms with van der Waals surface area (Å²) < 4.78 is 11.0. The SMILES string of the molecule is CCOC(=O)N1CCN(C(=O)C(CCC(=O)O)NC(=O)c2cc(OC(C)c3nn[nH]n3)c3ccccc3n2)CC1. The molecule has 15 heteroatoms. The minimum Gasteiger partial charge on any atom is -0.482 e. The van der Waals surface area contributed by atoms with Crippen LogP contribution in [0.1, 0.15) is 49.1 Å². The van der Waals surface area contributed by atoms with Gasteiger partial charge in [0.15, 0.2) is 6.10 Å². The van der Waals surface area contributed by atoms with Crippen molar-refractivity contribution in [3.8, 4) is 5.75 Å². The summed E-state index contributed by atoms with van der Waals surface area (Å²) in [6, 6.07) is 7.40. The third kappa shape index (κ3) is 6.78. The number of piperazine rings is 1. The van der Waals surface area contributed by atoms with E-state index in [-0.39, 0.29) is 51.3 Å². The van der Waals surface area contributed by atoms with E-state index < -0.39 is 36.0 Å². The zero-order valence-electron chi connectivity index (χ0n) is 22.1. The number of aromatic amines is 1. The Balaban J connectivity index is 1.52.